The van der Waals surface area contributed by atoms with Crippen molar-refractivity contribution in [3.63, 3.8) is 0 Å². The number of hydrogen-bond acceptors (Lipinski definition) is 3. The molecule has 7 heteroatoms. The van der Waals surface area contributed by atoms with Crippen LogP contribution in [0.3, 0.4) is 0 Å². The highest BCUT2D eigenvalue weighted by Gasteiger charge is 2.55. The molecule has 0 radical (unpaired) electrons. The number of aromatic nitrogens is 1. The summed E-state index contributed by atoms with van der Waals surface area (Å²) in [5.74, 6) is -0.427. The normalized spacial score (nSPS) is 25.7. The summed E-state index contributed by atoms with van der Waals surface area (Å²) in [4.78, 5) is 32.7. The van der Waals surface area contributed by atoms with Crippen molar-refractivity contribution in [2.45, 2.75) is 24.9 Å². The first kappa shape index (κ1) is 20.7. The number of nitrogens with one attached hydrogen (secondary N) is 2. The number of benzene rings is 2. The van der Waals surface area contributed by atoms with Gasteiger partial charge in [0.05, 0.1) is 5.54 Å². The van der Waals surface area contributed by atoms with Crippen LogP contribution in [-0.2, 0) is 4.79 Å². The highest BCUT2D eigenvalue weighted by Crippen LogP contribution is 2.46. The summed E-state index contributed by atoms with van der Waals surface area (Å²) in [5, 5.41) is 4.05. The molecule has 3 atom stereocenters. The smallest absolute Gasteiger partial charge is 0.270 e. The van der Waals surface area contributed by atoms with Crippen molar-refractivity contribution in [2.75, 3.05) is 26.7 Å². The minimum absolute atomic E-state index is 0.0467. The topological polar surface area (TPSA) is 68.4 Å². The van der Waals surface area contributed by atoms with Crippen molar-refractivity contribution in [2.24, 2.45) is 5.92 Å². The number of likely N-dealkylation sites (N-methyl/N-ethyl adjacent to an activating group) is 1. The van der Waals surface area contributed by atoms with Crippen molar-refractivity contribution in [3.8, 4) is 0 Å². The van der Waals surface area contributed by atoms with Gasteiger partial charge >= 0.3 is 0 Å². The van der Waals surface area contributed by atoms with Gasteiger partial charge in [0.15, 0.2) is 0 Å². The van der Waals surface area contributed by atoms with Crippen LogP contribution in [0.2, 0.25) is 0 Å². The second-order valence-corrected chi connectivity index (χ2v) is 9.13. The number of nitrogens with zero attached hydrogens (tertiary/aromatic N) is 2. The molecule has 6 nitrogen and oxygen atoms in total. The molecule has 0 spiro atoms. The van der Waals surface area contributed by atoms with Gasteiger partial charge in [-0.2, -0.15) is 0 Å². The third-order valence-electron chi connectivity index (χ3n) is 7.01. The molecule has 2 aromatic carbocycles. The molecule has 2 amide bonds. The molecule has 2 fully saturated rings. The largest absolute Gasteiger partial charge is 0.350 e. The van der Waals surface area contributed by atoms with Gasteiger partial charge in [0, 0.05) is 49.4 Å². The predicted octanol–water partition coefficient (Wildman–Crippen LogP) is 3.33. The molecule has 166 valence electrons. The lowest BCUT2D eigenvalue weighted by Crippen LogP contribution is -2.61. The van der Waals surface area contributed by atoms with Crippen molar-refractivity contribution in [3.05, 3.63) is 71.7 Å². The lowest BCUT2D eigenvalue weighted by Gasteiger charge is -2.45. The first-order valence-corrected chi connectivity index (χ1v) is 11.0. The zero-order valence-electron chi connectivity index (χ0n) is 18.3. The van der Waals surface area contributed by atoms with Crippen LogP contribution in [0.15, 0.2) is 54.6 Å². The molecular weight excluding hydrogens is 407 g/mol. The first-order valence-electron chi connectivity index (χ1n) is 11.0. The fourth-order valence-electron chi connectivity index (χ4n) is 5.72. The van der Waals surface area contributed by atoms with E-state index in [1.165, 1.54) is 17.7 Å². The van der Waals surface area contributed by atoms with Gasteiger partial charge in [-0.1, -0.05) is 30.3 Å². The Hall–Kier alpha value is -3.19. The number of rotatable bonds is 3. The van der Waals surface area contributed by atoms with E-state index in [-0.39, 0.29) is 35.1 Å². The Bertz CT molecular complexity index is 1180. The molecule has 2 aliphatic heterocycles. The number of H-pyrrole nitrogens is 1. The van der Waals surface area contributed by atoms with Crippen molar-refractivity contribution in [1.29, 1.82) is 0 Å². The number of hydrogen-bond donors (Lipinski definition) is 2. The zero-order valence-corrected chi connectivity index (χ0v) is 18.3. The SMILES string of the molecule is CC(=O)N[C@@]12CCN(C(=O)c3cc4ccc(F)cc4[nH]3)C[C@@H]1[C@@H](c1ccccc1)N(C)C2. The van der Waals surface area contributed by atoms with Crippen LogP contribution in [0.5, 0.6) is 0 Å². The van der Waals surface area contributed by atoms with E-state index in [0.29, 0.717) is 30.7 Å². The van der Waals surface area contributed by atoms with E-state index >= 15 is 0 Å². The van der Waals surface area contributed by atoms with Gasteiger partial charge in [-0.3, -0.25) is 14.5 Å². The average Bonchev–Trinajstić information content (AvgIpc) is 3.30. The molecule has 32 heavy (non-hydrogen) atoms. The zero-order chi connectivity index (χ0) is 22.5. The van der Waals surface area contributed by atoms with Gasteiger partial charge in [0.1, 0.15) is 11.5 Å². The molecule has 3 heterocycles. The molecule has 0 unspecified atom stereocenters. The number of piperidine rings is 1. The Kier molecular flexibility index (Phi) is 5.01. The monoisotopic (exact) mass is 434 g/mol. The van der Waals surface area contributed by atoms with E-state index in [1.807, 2.05) is 23.1 Å². The maximum Gasteiger partial charge on any atom is 0.270 e. The van der Waals surface area contributed by atoms with Gasteiger partial charge in [-0.05, 0) is 43.3 Å². The van der Waals surface area contributed by atoms with Crippen LogP contribution in [0.4, 0.5) is 4.39 Å². The van der Waals surface area contributed by atoms with Crippen molar-refractivity contribution in [1.82, 2.24) is 20.1 Å². The summed E-state index contributed by atoms with van der Waals surface area (Å²) in [6, 6.07) is 16.6. The Morgan fingerprint density at radius 3 is 2.69 bits per heavy atom. The minimum Gasteiger partial charge on any atom is -0.350 e. The molecule has 0 saturated carbocycles. The van der Waals surface area contributed by atoms with Gasteiger partial charge in [-0.25, -0.2) is 4.39 Å². The fourth-order valence-corrected chi connectivity index (χ4v) is 5.72. The van der Waals surface area contributed by atoms with Crippen LogP contribution < -0.4 is 5.32 Å². The third-order valence-corrected chi connectivity index (χ3v) is 7.01. The Labute approximate surface area is 186 Å². The quantitative estimate of drug-likeness (QED) is 0.665. The standard InChI is InChI=1S/C25H27FN4O2/c1-16(31)28-25-10-11-30(24(32)22-12-18-8-9-19(26)13-21(18)27-22)14-20(25)23(29(2)15-25)17-6-4-3-5-7-17/h3-9,12-13,20,23,27H,10-11,14-15H2,1-2H3,(H,28,31)/t20-,23-,25-/m1/s1. The van der Waals surface area contributed by atoms with Crippen LogP contribution in [-0.4, -0.2) is 58.8 Å². The molecule has 3 aromatic rings. The van der Waals surface area contributed by atoms with Gasteiger partial charge < -0.3 is 15.2 Å². The maximum atomic E-state index is 13.6. The number of carbonyl (C=O) groups excluding carboxylic acids is 2. The highest BCUT2D eigenvalue weighted by atomic mass is 19.1. The van der Waals surface area contributed by atoms with E-state index in [4.69, 9.17) is 0 Å². The number of likely N-dealkylation sites (tertiary alicyclic amines) is 2. The van der Waals surface area contributed by atoms with Gasteiger partial charge in [0.2, 0.25) is 5.91 Å². The maximum absolute atomic E-state index is 13.6. The number of amides is 2. The second-order valence-electron chi connectivity index (χ2n) is 9.13. The number of fused-ring (bicyclic) bond motifs is 2. The average molecular weight is 435 g/mol. The summed E-state index contributed by atoms with van der Waals surface area (Å²) in [5.41, 5.74) is 1.88. The van der Waals surface area contributed by atoms with Crippen LogP contribution in [0.1, 0.15) is 35.4 Å². The number of aromatic amines is 1. The van der Waals surface area contributed by atoms with Crippen LogP contribution in [0, 0.1) is 11.7 Å². The van der Waals surface area contributed by atoms with Crippen LogP contribution >= 0.6 is 0 Å². The van der Waals surface area contributed by atoms with E-state index in [0.717, 1.165) is 11.9 Å². The molecular formula is C25H27FN4O2. The molecule has 0 bridgehead atoms. The fraction of sp³-hybridized carbons (Fsp3) is 0.360. The summed E-state index contributed by atoms with van der Waals surface area (Å²) < 4.78 is 13.6. The summed E-state index contributed by atoms with van der Waals surface area (Å²) >= 11 is 0. The molecule has 5 rings (SSSR count). The Morgan fingerprint density at radius 1 is 1.16 bits per heavy atom. The van der Waals surface area contributed by atoms with E-state index in [1.54, 1.807) is 19.1 Å². The van der Waals surface area contributed by atoms with Crippen LogP contribution in [0.25, 0.3) is 10.9 Å². The first-order chi connectivity index (χ1) is 15.4. The van der Waals surface area contributed by atoms with E-state index in [9.17, 15) is 14.0 Å². The lowest BCUT2D eigenvalue weighted by molar-refractivity contribution is -0.121. The Balaban J connectivity index is 1.47. The highest BCUT2D eigenvalue weighted by molar-refractivity contribution is 5.98. The molecule has 2 N–H and O–H groups in total. The summed E-state index contributed by atoms with van der Waals surface area (Å²) in [6.45, 7) is 3.38. The minimum atomic E-state index is -0.374. The lowest BCUT2D eigenvalue weighted by atomic mass is 9.75. The second kappa shape index (κ2) is 7.74. The molecule has 0 aliphatic carbocycles. The van der Waals surface area contributed by atoms with Crippen molar-refractivity contribution >= 4 is 22.7 Å². The van der Waals surface area contributed by atoms with Crippen molar-refractivity contribution < 1.29 is 14.0 Å². The Morgan fingerprint density at radius 2 is 1.94 bits per heavy atom. The molecule has 1 aromatic heterocycles. The molecule has 2 saturated heterocycles. The third kappa shape index (κ3) is 3.46. The summed E-state index contributed by atoms with van der Waals surface area (Å²) in [6.07, 6.45) is 0.686. The van der Waals surface area contributed by atoms with Gasteiger partial charge in [0.25, 0.3) is 5.91 Å². The number of halogens is 1. The molecule has 2 aliphatic rings. The number of carbonyl (C=O) groups is 2. The summed E-state index contributed by atoms with van der Waals surface area (Å²) in [7, 11) is 2.08. The van der Waals surface area contributed by atoms with Gasteiger partial charge in [-0.15, -0.1) is 0 Å². The van der Waals surface area contributed by atoms with E-state index in [2.05, 4.69) is 34.4 Å². The predicted molar refractivity (Wildman–Crippen MR) is 121 cm³/mol. The van der Waals surface area contributed by atoms with E-state index < -0.39 is 0 Å².